The lowest BCUT2D eigenvalue weighted by Crippen LogP contribution is -2.49. The summed E-state index contributed by atoms with van der Waals surface area (Å²) in [5.74, 6) is 0.776. The fourth-order valence-electron chi connectivity index (χ4n) is 3.84. The number of hydrogen-bond acceptors (Lipinski definition) is 5. The predicted molar refractivity (Wildman–Crippen MR) is 126 cm³/mol. The number of aromatic nitrogens is 2. The lowest BCUT2D eigenvalue weighted by molar-refractivity contribution is -0.131. The molecule has 32 heavy (non-hydrogen) atoms. The molecule has 0 spiro atoms. The van der Waals surface area contributed by atoms with E-state index in [0.717, 1.165) is 22.6 Å². The Morgan fingerprint density at radius 2 is 1.59 bits per heavy atom. The van der Waals surface area contributed by atoms with Crippen molar-refractivity contribution in [2.24, 2.45) is 0 Å². The van der Waals surface area contributed by atoms with Gasteiger partial charge >= 0.3 is 0 Å². The molecule has 0 aliphatic carbocycles. The summed E-state index contributed by atoms with van der Waals surface area (Å²) in [6, 6.07) is 18.8. The third-order valence-corrected chi connectivity index (χ3v) is 6.01. The van der Waals surface area contributed by atoms with Crippen LogP contribution in [0.4, 0.5) is 5.82 Å². The zero-order valence-corrected chi connectivity index (χ0v) is 18.8. The minimum absolute atomic E-state index is 0.00736. The van der Waals surface area contributed by atoms with Crippen LogP contribution in [0.1, 0.15) is 28.8 Å². The van der Waals surface area contributed by atoms with E-state index < -0.39 is 0 Å². The first kappa shape index (κ1) is 22.0. The number of ketones is 1. The molecule has 1 aliphatic rings. The molecule has 1 amide bonds. The number of carbonyl (C=O) groups excluding carboxylic acids is 2. The van der Waals surface area contributed by atoms with Crippen molar-refractivity contribution in [1.82, 2.24) is 15.1 Å². The molecule has 6 nitrogen and oxygen atoms in total. The summed E-state index contributed by atoms with van der Waals surface area (Å²) in [6.07, 6.45) is 0.416. The van der Waals surface area contributed by atoms with Crippen LogP contribution in [0.2, 0.25) is 5.02 Å². The van der Waals surface area contributed by atoms with E-state index >= 15 is 0 Å². The molecule has 7 heteroatoms. The van der Waals surface area contributed by atoms with Gasteiger partial charge in [0.25, 0.3) is 0 Å². The molecule has 0 bridgehead atoms. The molecule has 0 N–H and O–H groups in total. The molecule has 3 aromatic rings. The Labute approximate surface area is 192 Å². The summed E-state index contributed by atoms with van der Waals surface area (Å²) in [5, 5.41) is 9.40. The number of aryl methyl sites for hydroxylation is 1. The summed E-state index contributed by atoms with van der Waals surface area (Å²) in [6.45, 7) is 4.65. The van der Waals surface area contributed by atoms with Crippen molar-refractivity contribution < 1.29 is 9.59 Å². The first-order valence-corrected chi connectivity index (χ1v) is 11.1. The third-order valence-electron chi connectivity index (χ3n) is 5.76. The Hall–Kier alpha value is -3.25. The van der Waals surface area contributed by atoms with Gasteiger partial charge in [-0.25, -0.2) is 0 Å². The first-order valence-electron chi connectivity index (χ1n) is 10.7. The van der Waals surface area contributed by atoms with Crippen molar-refractivity contribution in [2.45, 2.75) is 19.8 Å². The highest BCUT2D eigenvalue weighted by Gasteiger charge is 2.22. The van der Waals surface area contributed by atoms with E-state index in [-0.39, 0.29) is 24.5 Å². The number of amides is 1. The van der Waals surface area contributed by atoms with Crippen molar-refractivity contribution in [3.63, 3.8) is 0 Å². The number of Topliss-reactive ketones (excluding diaryl/α,β-unsaturated/α-hetero) is 1. The average Bonchev–Trinajstić information content (AvgIpc) is 2.83. The predicted octanol–water partition coefficient (Wildman–Crippen LogP) is 4.42. The van der Waals surface area contributed by atoms with Gasteiger partial charge in [0, 0.05) is 55.2 Å². The summed E-state index contributed by atoms with van der Waals surface area (Å²) >= 11 is 5.86. The lowest BCUT2D eigenvalue weighted by Gasteiger charge is -2.35. The molecule has 1 aromatic heterocycles. The summed E-state index contributed by atoms with van der Waals surface area (Å²) < 4.78 is 0. The molecule has 2 heterocycles. The van der Waals surface area contributed by atoms with Crippen LogP contribution in [0.15, 0.2) is 60.7 Å². The summed E-state index contributed by atoms with van der Waals surface area (Å²) in [7, 11) is 0. The van der Waals surface area contributed by atoms with Crippen LogP contribution in [-0.4, -0.2) is 53.0 Å². The molecule has 1 fully saturated rings. The van der Waals surface area contributed by atoms with Crippen molar-refractivity contribution in [3.05, 3.63) is 76.8 Å². The maximum absolute atomic E-state index is 12.6. The van der Waals surface area contributed by atoms with E-state index in [1.54, 1.807) is 24.3 Å². The van der Waals surface area contributed by atoms with Gasteiger partial charge in [0.1, 0.15) is 0 Å². The molecule has 0 unspecified atom stereocenters. The van der Waals surface area contributed by atoms with E-state index in [9.17, 15) is 9.59 Å². The van der Waals surface area contributed by atoms with Gasteiger partial charge in [-0.1, -0.05) is 35.9 Å². The second kappa shape index (κ2) is 9.92. The Kier molecular flexibility index (Phi) is 6.81. The maximum Gasteiger partial charge on any atom is 0.223 e. The van der Waals surface area contributed by atoms with Crippen LogP contribution in [0.3, 0.4) is 0 Å². The van der Waals surface area contributed by atoms with Crippen molar-refractivity contribution in [3.8, 4) is 11.3 Å². The van der Waals surface area contributed by atoms with Gasteiger partial charge in [-0.2, -0.15) is 0 Å². The van der Waals surface area contributed by atoms with Crippen LogP contribution < -0.4 is 4.90 Å². The topological polar surface area (TPSA) is 66.4 Å². The highest BCUT2D eigenvalue weighted by Crippen LogP contribution is 2.22. The van der Waals surface area contributed by atoms with Gasteiger partial charge in [-0.3, -0.25) is 9.59 Å². The number of benzene rings is 2. The van der Waals surface area contributed by atoms with E-state index in [1.165, 1.54) is 0 Å². The molecule has 0 radical (unpaired) electrons. The number of carbonyl (C=O) groups is 2. The van der Waals surface area contributed by atoms with E-state index in [1.807, 2.05) is 35.2 Å². The largest absolute Gasteiger partial charge is 0.352 e. The number of rotatable bonds is 6. The van der Waals surface area contributed by atoms with E-state index in [2.05, 4.69) is 28.1 Å². The smallest absolute Gasteiger partial charge is 0.223 e. The van der Waals surface area contributed by atoms with Gasteiger partial charge in [0.05, 0.1) is 5.69 Å². The number of halogens is 1. The van der Waals surface area contributed by atoms with Crippen molar-refractivity contribution in [2.75, 3.05) is 31.1 Å². The Morgan fingerprint density at radius 1 is 0.875 bits per heavy atom. The number of hydrogen-bond donors (Lipinski definition) is 0. The maximum atomic E-state index is 12.6. The van der Waals surface area contributed by atoms with Gasteiger partial charge in [-0.15, -0.1) is 10.2 Å². The fourth-order valence-corrected chi connectivity index (χ4v) is 3.97. The van der Waals surface area contributed by atoms with Crippen molar-refractivity contribution in [1.29, 1.82) is 0 Å². The molecular formula is C25H25ClN4O2. The highest BCUT2D eigenvalue weighted by atomic mass is 35.5. The Morgan fingerprint density at radius 3 is 2.25 bits per heavy atom. The average molecular weight is 449 g/mol. The zero-order valence-electron chi connectivity index (χ0n) is 18.0. The van der Waals surface area contributed by atoms with E-state index in [4.69, 9.17) is 11.6 Å². The molecule has 0 atom stereocenters. The van der Waals surface area contributed by atoms with Crippen molar-refractivity contribution >= 4 is 29.1 Å². The van der Waals surface area contributed by atoms with Crippen LogP contribution >= 0.6 is 11.6 Å². The molecule has 4 rings (SSSR count). The molecule has 2 aromatic carbocycles. The second-order valence-electron chi connectivity index (χ2n) is 7.89. The quantitative estimate of drug-likeness (QED) is 0.522. The minimum Gasteiger partial charge on any atom is -0.352 e. The number of nitrogens with zero attached hydrogens (tertiary/aromatic N) is 4. The van der Waals surface area contributed by atoms with Gasteiger partial charge in [-0.05, 0) is 48.9 Å². The Balaban J connectivity index is 1.28. The van der Waals surface area contributed by atoms with Crippen LogP contribution in [-0.2, 0) is 4.79 Å². The second-order valence-corrected chi connectivity index (χ2v) is 8.33. The van der Waals surface area contributed by atoms with Gasteiger partial charge < -0.3 is 9.80 Å². The molecular weight excluding hydrogens is 424 g/mol. The monoisotopic (exact) mass is 448 g/mol. The number of piperazine rings is 1. The normalized spacial score (nSPS) is 13.8. The molecule has 0 saturated carbocycles. The van der Waals surface area contributed by atoms with Gasteiger partial charge in [0.2, 0.25) is 5.91 Å². The van der Waals surface area contributed by atoms with Crippen LogP contribution in [0.5, 0.6) is 0 Å². The molecule has 1 saturated heterocycles. The van der Waals surface area contributed by atoms with Crippen LogP contribution in [0.25, 0.3) is 11.3 Å². The SMILES string of the molecule is Cc1ccccc1-c1ccc(N2CCN(C(=O)CCC(=O)c3ccc(Cl)cc3)CC2)nn1. The van der Waals surface area contributed by atoms with Crippen LogP contribution in [0, 0.1) is 6.92 Å². The van der Waals surface area contributed by atoms with Gasteiger partial charge in [0.15, 0.2) is 11.6 Å². The summed E-state index contributed by atoms with van der Waals surface area (Å²) in [4.78, 5) is 28.8. The highest BCUT2D eigenvalue weighted by molar-refractivity contribution is 6.30. The number of anilines is 1. The third kappa shape index (κ3) is 5.14. The summed E-state index contributed by atoms with van der Waals surface area (Å²) in [5.41, 5.74) is 3.68. The fraction of sp³-hybridized carbons (Fsp3) is 0.280. The zero-order chi connectivity index (χ0) is 22.5. The first-order chi connectivity index (χ1) is 15.5. The Bertz CT molecular complexity index is 1090. The van der Waals surface area contributed by atoms with E-state index in [0.29, 0.717) is 36.8 Å². The minimum atomic E-state index is -0.0438. The lowest BCUT2D eigenvalue weighted by atomic mass is 10.1. The molecule has 164 valence electrons. The molecule has 1 aliphatic heterocycles. The standard InChI is InChI=1S/C25H25ClN4O2/c1-18-4-2-3-5-21(18)22-10-12-24(28-27-22)29-14-16-30(17-15-29)25(32)13-11-23(31)19-6-8-20(26)9-7-19/h2-10,12H,11,13-17H2,1H3.